The molecule has 1 aliphatic carbocycles. The van der Waals surface area contributed by atoms with Gasteiger partial charge in [-0.25, -0.2) is 13.1 Å². The number of piperidine rings is 1. The van der Waals surface area contributed by atoms with E-state index < -0.39 is 10.0 Å². The van der Waals surface area contributed by atoms with Crippen LogP contribution in [0.5, 0.6) is 0 Å². The number of carbonyl (C=O) groups is 1. The highest BCUT2D eigenvalue weighted by Gasteiger charge is 2.29. The van der Waals surface area contributed by atoms with Gasteiger partial charge in [-0.1, -0.05) is 0 Å². The number of sulfonamides is 1. The Morgan fingerprint density at radius 2 is 1.80 bits per heavy atom. The molecule has 6 nitrogen and oxygen atoms in total. The molecule has 1 saturated heterocycles. The van der Waals surface area contributed by atoms with Crippen molar-refractivity contribution in [1.82, 2.24) is 10.0 Å². The standard InChI is InChI=1S/C16H23N3O3S.2ClH/c20-16(13-3-4-13)19-14-5-7-15(8-6-14)23(21,22)18-11-12-2-1-9-17-10-12;;/h5-8,12-13,17-18H,1-4,9-11H2,(H,19,20);2*1H/t12-;;/m1../s1. The fourth-order valence-electron chi connectivity index (χ4n) is 2.72. The third-order valence-electron chi connectivity index (χ3n) is 4.34. The maximum absolute atomic E-state index is 12.3. The summed E-state index contributed by atoms with van der Waals surface area (Å²) in [5.41, 5.74) is 0.636. The van der Waals surface area contributed by atoms with Crippen LogP contribution < -0.4 is 15.4 Å². The minimum absolute atomic E-state index is 0. The minimum atomic E-state index is -3.50. The summed E-state index contributed by atoms with van der Waals surface area (Å²) in [6.45, 7) is 2.32. The van der Waals surface area contributed by atoms with Gasteiger partial charge in [0.1, 0.15) is 0 Å². The van der Waals surface area contributed by atoms with Crippen molar-refractivity contribution in [2.45, 2.75) is 30.6 Å². The molecule has 0 aromatic heterocycles. The second kappa shape index (κ2) is 9.73. The van der Waals surface area contributed by atoms with Crippen molar-refractivity contribution in [2.24, 2.45) is 11.8 Å². The van der Waals surface area contributed by atoms with Gasteiger partial charge in [-0.15, -0.1) is 24.8 Å². The van der Waals surface area contributed by atoms with E-state index in [0.29, 0.717) is 18.2 Å². The Hall–Kier alpha value is -0.860. The number of nitrogens with one attached hydrogen (secondary N) is 3. The van der Waals surface area contributed by atoms with Crippen molar-refractivity contribution in [1.29, 1.82) is 0 Å². The average Bonchev–Trinajstić information content (AvgIpc) is 3.40. The van der Waals surface area contributed by atoms with Crippen LogP contribution in [0.15, 0.2) is 29.2 Å². The molecule has 2 aliphatic rings. The molecular weight excluding hydrogens is 385 g/mol. The number of hydrogen-bond acceptors (Lipinski definition) is 4. The molecule has 1 aromatic rings. The van der Waals surface area contributed by atoms with Crippen molar-refractivity contribution >= 4 is 46.4 Å². The summed E-state index contributed by atoms with van der Waals surface area (Å²) in [5.74, 6) is 0.489. The van der Waals surface area contributed by atoms with Crippen LogP contribution in [0.3, 0.4) is 0 Å². The molecule has 0 spiro atoms. The Bertz CT molecular complexity index is 658. The van der Waals surface area contributed by atoms with E-state index in [1.807, 2.05) is 0 Å². The van der Waals surface area contributed by atoms with Gasteiger partial charge in [0.25, 0.3) is 0 Å². The van der Waals surface area contributed by atoms with Crippen molar-refractivity contribution in [3.05, 3.63) is 24.3 Å². The normalized spacial score (nSPS) is 20.1. The monoisotopic (exact) mass is 409 g/mol. The first kappa shape index (κ1) is 22.2. The van der Waals surface area contributed by atoms with Gasteiger partial charge in [0.15, 0.2) is 0 Å². The van der Waals surface area contributed by atoms with E-state index >= 15 is 0 Å². The average molecular weight is 410 g/mol. The molecule has 1 heterocycles. The van der Waals surface area contributed by atoms with E-state index in [1.165, 1.54) is 12.1 Å². The van der Waals surface area contributed by atoms with Crippen molar-refractivity contribution in [3.8, 4) is 0 Å². The highest BCUT2D eigenvalue weighted by Crippen LogP contribution is 2.30. The Kier molecular flexibility index (Phi) is 8.63. The highest BCUT2D eigenvalue weighted by molar-refractivity contribution is 7.89. The molecule has 1 amide bonds. The van der Waals surface area contributed by atoms with Crippen molar-refractivity contribution in [3.63, 3.8) is 0 Å². The summed E-state index contributed by atoms with van der Waals surface area (Å²) in [7, 11) is -3.50. The molecule has 1 saturated carbocycles. The number of carbonyl (C=O) groups excluding carboxylic acids is 1. The first-order valence-corrected chi connectivity index (χ1v) is 9.64. The van der Waals surface area contributed by atoms with Gasteiger partial charge in [0.05, 0.1) is 4.90 Å². The van der Waals surface area contributed by atoms with Crippen LogP contribution in [0.25, 0.3) is 0 Å². The van der Waals surface area contributed by atoms with Crippen LogP contribution in [0.1, 0.15) is 25.7 Å². The van der Waals surface area contributed by atoms with Crippen LogP contribution in [-0.2, 0) is 14.8 Å². The van der Waals surface area contributed by atoms with Crippen LogP contribution in [0.2, 0.25) is 0 Å². The predicted molar refractivity (Wildman–Crippen MR) is 103 cm³/mol. The van der Waals surface area contributed by atoms with Crippen LogP contribution in [-0.4, -0.2) is 34.0 Å². The third-order valence-corrected chi connectivity index (χ3v) is 5.78. The van der Waals surface area contributed by atoms with E-state index in [9.17, 15) is 13.2 Å². The molecule has 25 heavy (non-hydrogen) atoms. The second-order valence-corrected chi connectivity index (χ2v) is 8.12. The zero-order valence-electron chi connectivity index (χ0n) is 13.9. The number of hydrogen-bond donors (Lipinski definition) is 3. The molecule has 0 unspecified atom stereocenters. The molecule has 9 heteroatoms. The third kappa shape index (κ3) is 6.42. The first-order valence-electron chi connectivity index (χ1n) is 8.16. The summed E-state index contributed by atoms with van der Waals surface area (Å²) < 4.78 is 27.3. The summed E-state index contributed by atoms with van der Waals surface area (Å²) >= 11 is 0. The molecule has 1 atom stereocenters. The van der Waals surface area contributed by atoms with Crippen molar-refractivity contribution < 1.29 is 13.2 Å². The Balaban J connectivity index is 0.00000156. The fourth-order valence-corrected chi connectivity index (χ4v) is 3.83. The molecule has 142 valence electrons. The van der Waals surface area contributed by atoms with Crippen molar-refractivity contribution in [2.75, 3.05) is 25.0 Å². The zero-order valence-corrected chi connectivity index (χ0v) is 16.3. The van der Waals surface area contributed by atoms with Gasteiger partial charge in [-0.05, 0) is 69.0 Å². The molecule has 1 aliphatic heterocycles. The molecule has 3 N–H and O–H groups in total. The fraction of sp³-hybridized carbons (Fsp3) is 0.562. The Labute approximate surface area is 161 Å². The summed E-state index contributed by atoms with van der Waals surface area (Å²) in [4.78, 5) is 11.9. The smallest absolute Gasteiger partial charge is 0.240 e. The van der Waals surface area contributed by atoms with E-state index in [-0.39, 0.29) is 41.5 Å². The number of halogens is 2. The maximum Gasteiger partial charge on any atom is 0.240 e. The summed E-state index contributed by atoms with van der Waals surface area (Å²) in [6, 6.07) is 6.34. The lowest BCUT2D eigenvalue weighted by Gasteiger charge is -2.22. The number of amides is 1. The minimum Gasteiger partial charge on any atom is -0.326 e. The van der Waals surface area contributed by atoms with Gasteiger partial charge in [-0.3, -0.25) is 4.79 Å². The SMILES string of the molecule is Cl.Cl.O=C(Nc1ccc(S(=O)(=O)NC[C@@H]2CCCNC2)cc1)C1CC1. The highest BCUT2D eigenvalue weighted by atomic mass is 35.5. The summed E-state index contributed by atoms with van der Waals surface area (Å²) in [5, 5.41) is 6.08. The topological polar surface area (TPSA) is 87.3 Å². The second-order valence-electron chi connectivity index (χ2n) is 6.35. The molecule has 2 fully saturated rings. The molecular formula is C16H25Cl2N3O3S. The molecule has 0 radical (unpaired) electrons. The quantitative estimate of drug-likeness (QED) is 0.671. The van der Waals surface area contributed by atoms with Crippen LogP contribution in [0, 0.1) is 11.8 Å². The maximum atomic E-state index is 12.3. The van der Waals surface area contributed by atoms with E-state index in [1.54, 1.807) is 12.1 Å². The van der Waals surface area contributed by atoms with Gasteiger partial charge >= 0.3 is 0 Å². The number of benzene rings is 1. The Morgan fingerprint density at radius 3 is 2.36 bits per heavy atom. The van der Waals surface area contributed by atoms with E-state index in [2.05, 4.69) is 15.4 Å². The number of rotatable bonds is 6. The Morgan fingerprint density at radius 1 is 1.12 bits per heavy atom. The van der Waals surface area contributed by atoms with Gasteiger partial charge in [-0.2, -0.15) is 0 Å². The largest absolute Gasteiger partial charge is 0.326 e. The van der Waals surface area contributed by atoms with E-state index in [4.69, 9.17) is 0 Å². The van der Waals surface area contributed by atoms with Gasteiger partial charge in [0.2, 0.25) is 15.9 Å². The molecule has 0 bridgehead atoms. The lowest BCUT2D eigenvalue weighted by Crippen LogP contribution is -2.38. The van der Waals surface area contributed by atoms with Crippen LogP contribution >= 0.6 is 24.8 Å². The first-order chi connectivity index (χ1) is 11.0. The van der Waals surface area contributed by atoms with E-state index in [0.717, 1.165) is 38.8 Å². The summed E-state index contributed by atoms with van der Waals surface area (Å²) in [6.07, 6.45) is 4.01. The lowest BCUT2D eigenvalue weighted by molar-refractivity contribution is -0.117. The number of anilines is 1. The zero-order chi connectivity index (χ0) is 16.3. The molecule has 1 aromatic carbocycles. The van der Waals surface area contributed by atoms with Gasteiger partial charge in [0, 0.05) is 18.2 Å². The predicted octanol–water partition coefficient (Wildman–Crippen LogP) is 2.16. The van der Waals surface area contributed by atoms with Crippen LogP contribution in [0.4, 0.5) is 5.69 Å². The molecule has 3 rings (SSSR count). The van der Waals surface area contributed by atoms with Gasteiger partial charge < -0.3 is 10.6 Å². The lowest BCUT2D eigenvalue weighted by atomic mass is 10.0.